The third kappa shape index (κ3) is 4.59. The third-order valence-corrected chi connectivity index (χ3v) is 7.56. The average Bonchev–Trinajstić information content (AvgIpc) is 2.49. The van der Waals surface area contributed by atoms with Crippen molar-refractivity contribution in [2.45, 2.75) is 44.3 Å². The molecule has 5 nitrogen and oxygen atoms in total. The van der Waals surface area contributed by atoms with Crippen molar-refractivity contribution in [1.82, 2.24) is 9.03 Å². The molecule has 1 saturated heterocycles. The Morgan fingerprint density at radius 3 is 2.55 bits per heavy atom. The van der Waals surface area contributed by atoms with Crippen LogP contribution in [0.15, 0.2) is 0 Å². The summed E-state index contributed by atoms with van der Waals surface area (Å²) in [6.45, 7) is 6.43. The fourth-order valence-corrected chi connectivity index (χ4v) is 4.92. The Labute approximate surface area is 128 Å². The maximum Gasteiger partial charge on any atom is 0.279 e. The summed E-state index contributed by atoms with van der Waals surface area (Å²) in [5.74, 6) is 0.294. The van der Waals surface area contributed by atoms with Gasteiger partial charge in [-0.3, -0.25) is 0 Å². The predicted molar refractivity (Wildman–Crippen MR) is 87.1 cm³/mol. The van der Waals surface area contributed by atoms with E-state index in [9.17, 15) is 8.42 Å². The highest BCUT2D eigenvalue weighted by atomic mass is 32.2. The largest absolute Gasteiger partial charge is 0.330 e. The highest BCUT2D eigenvalue weighted by Gasteiger charge is 2.31. The van der Waals surface area contributed by atoms with Crippen molar-refractivity contribution >= 4 is 22.0 Å². The second kappa shape index (κ2) is 7.98. The lowest BCUT2D eigenvalue weighted by atomic mass is 10.0. The Hall–Kier alpha value is 0.180. The number of thioether (sulfide) groups is 1. The molecule has 1 aliphatic heterocycles. The van der Waals surface area contributed by atoms with Crippen LogP contribution in [0.4, 0.5) is 0 Å². The fraction of sp³-hybridized carbons (Fsp3) is 1.00. The zero-order chi connectivity index (χ0) is 15.2. The topological polar surface area (TPSA) is 75.4 Å². The molecule has 3 N–H and O–H groups in total. The normalized spacial score (nSPS) is 22.1. The molecular weight excluding hydrogens is 294 g/mol. The van der Waals surface area contributed by atoms with Crippen LogP contribution >= 0.6 is 11.8 Å². The van der Waals surface area contributed by atoms with Crippen LogP contribution in [0.25, 0.3) is 0 Å². The van der Waals surface area contributed by atoms with E-state index in [-0.39, 0.29) is 4.75 Å². The lowest BCUT2D eigenvalue weighted by Gasteiger charge is -2.34. The van der Waals surface area contributed by atoms with Crippen molar-refractivity contribution in [2.24, 2.45) is 11.7 Å². The first-order valence-corrected chi connectivity index (χ1v) is 10.1. The van der Waals surface area contributed by atoms with E-state index >= 15 is 0 Å². The Kier molecular flexibility index (Phi) is 7.28. The monoisotopic (exact) mass is 323 g/mol. The van der Waals surface area contributed by atoms with Crippen LogP contribution in [0, 0.1) is 5.92 Å². The average molecular weight is 324 g/mol. The summed E-state index contributed by atoms with van der Waals surface area (Å²) in [5.41, 5.74) is 5.67. The van der Waals surface area contributed by atoms with E-state index in [4.69, 9.17) is 5.73 Å². The Balaban J connectivity index is 2.65. The zero-order valence-corrected chi connectivity index (χ0v) is 14.5. The van der Waals surface area contributed by atoms with Crippen molar-refractivity contribution in [2.75, 3.05) is 32.4 Å². The Morgan fingerprint density at radius 2 is 2.05 bits per heavy atom. The Morgan fingerprint density at radius 1 is 1.40 bits per heavy atom. The number of rotatable bonds is 8. The van der Waals surface area contributed by atoms with Crippen LogP contribution in [0.3, 0.4) is 0 Å². The van der Waals surface area contributed by atoms with E-state index in [0.717, 1.165) is 25.7 Å². The molecule has 1 heterocycles. The number of hydrogen-bond acceptors (Lipinski definition) is 4. The second-order valence-corrected chi connectivity index (χ2v) is 8.55. The molecule has 0 bridgehead atoms. The smallest absolute Gasteiger partial charge is 0.279 e. The van der Waals surface area contributed by atoms with Gasteiger partial charge in [0.15, 0.2) is 0 Å². The van der Waals surface area contributed by atoms with Crippen LogP contribution in [0.1, 0.15) is 39.5 Å². The molecule has 0 aromatic carbocycles. The molecule has 0 spiro atoms. The van der Waals surface area contributed by atoms with E-state index < -0.39 is 10.2 Å². The first-order valence-electron chi connectivity index (χ1n) is 7.43. The predicted octanol–water partition coefficient (Wildman–Crippen LogP) is 1.41. The van der Waals surface area contributed by atoms with Crippen molar-refractivity contribution in [3.8, 4) is 0 Å². The maximum absolute atomic E-state index is 12.4. The molecule has 1 atom stereocenters. The zero-order valence-electron chi connectivity index (χ0n) is 12.9. The van der Waals surface area contributed by atoms with Crippen molar-refractivity contribution in [1.29, 1.82) is 0 Å². The minimum atomic E-state index is -3.38. The Bertz CT molecular complexity index is 375. The molecule has 0 radical (unpaired) electrons. The van der Waals surface area contributed by atoms with Crippen LogP contribution in [-0.4, -0.2) is 49.9 Å². The number of nitrogens with one attached hydrogen (secondary N) is 1. The van der Waals surface area contributed by atoms with Crippen molar-refractivity contribution in [3.05, 3.63) is 0 Å². The van der Waals surface area contributed by atoms with E-state index in [2.05, 4.69) is 18.6 Å². The molecule has 1 aliphatic rings. The van der Waals surface area contributed by atoms with Crippen molar-refractivity contribution in [3.63, 3.8) is 0 Å². The summed E-state index contributed by atoms with van der Waals surface area (Å²) < 4.78 is 29.2. The molecule has 0 aromatic rings. The first kappa shape index (κ1) is 18.2. The van der Waals surface area contributed by atoms with Gasteiger partial charge in [-0.1, -0.05) is 13.8 Å². The second-order valence-electron chi connectivity index (χ2n) is 5.52. The minimum absolute atomic E-state index is 0.00384. The SMILES string of the molecule is CCC(CC)(CNS(=O)(=O)N1CCCC(CN)C1)SC. The summed E-state index contributed by atoms with van der Waals surface area (Å²) in [6.07, 6.45) is 5.89. The molecule has 1 unspecified atom stereocenters. The maximum atomic E-state index is 12.4. The van der Waals surface area contributed by atoms with Gasteiger partial charge in [-0.25, -0.2) is 4.72 Å². The molecule has 0 aliphatic carbocycles. The van der Waals surface area contributed by atoms with Gasteiger partial charge in [0.05, 0.1) is 0 Å². The molecule has 120 valence electrons. The van der Waals surface area contributed by atoms with Gasteiger partial charge in [-0.15, -0.1) is 0 Å². The molecule has 0 amide bonds. The van der Waals surface area contributed by atoms with E-state index in [1.54, 1.807) is 16.1 Å². The van der Waals surface area contributed by atoms with Gasteiger partial charge in [0.2, 0.25) is 0 Å². The molecule has 1 fully saturated rings. The van der Waals surface area contributed by atoms with Gasteiger partial charge in [-0.2, -0.15) is 24.5 Å². The molecule has 20 heavy (non-hydrogen) atoms. The number of piperidine rings is 1. The molecular formula is C13H29N3O2S2. The molecule has 0 saturated carbocycles. The standard InChI is InChI=1S/C13H29N3O2S2/c1-4-13(5-2,19-3)11-15-20(17,18)16-8-6-7-12(9-14)10-16/h12,15H,4-11,14H2,1-3H3. The van der Waals surface area contributed by atoms with Crippen LogP contribution < -0.4 is 10.5 Å². The highest BCUT2D eigenvalue weighted by molar-refractivity contribution is 8.00. The van der Waals surface area contributed by atoms with Gasteiger partial charge in [0, 0.05) is 24.4 Å². The van der Waals surface area contributed by atoms with E-state index in [1.807, 2.05) is 6.26 Å². The third-order valence-electron chi connectivity index (χ3n) is 4.45. The summed E-state index contributed by atoms with van der Waals surface area (Å²) in [7, 11) is -3.38. The van der Waals surface area contributed by atoms with Crippen LogP contribution in [0.2, 0.25) is 0 Å². The van der Waals surface area contributed by atoms with Gasteiger partial charge < -0.3 is 5.73 Å². The van der Waals surface area contributed by atoms with Crippen molar-refractivity contribution < 1.29 is 8.42 Å². The summed E-state index contributed by atoms with van der Waals surface area (Å²) in [5, 5.41) is 0. The van der Waals surface area contributed by atoms with Crippen LogP contribution in [-0.2, 0) is 10.2 Å². The molecule has 0 aromatic heterocycles. The summed E-state index contributed by atoms with van der Waals surface area (Å²) in [4.78, 5) is 0. The number of nitrogens with two attached hydrogens (primary N) is 1. The molecule has 7 heteroatoms. The van der Waals surface area contributed by atoms with Gasteiger partial charge >= 0.3 is 0 Å². The summed E-state index contributed by atoms with van der Waals surface area (Å²) >= 11 is 1.74. The highest BCUT2D eigenvalue weighted by Crippen LogP contribution is 2.30. The van der Waals surface area contributed by atoms with Crippen LogP contribution in [0.5, 0.6) is 0 Å². The lowest BCUT2D eigenvalue weighted by Crippen LogP contribution is -2.50. The van der Waals surface area contributed by atoms with Gasteiger partial charge in [0.1, 0.15) is 0 Å². The number of hydrogen-bond donors (Lipinski definition) is 2. The van der Waals surface area contributed by atoms with Gasteiger partial charge in [0.25, 0.3) is 10.2 Å². The molecule has 1 rings (SSSR count). The lowest BCUT2D eigenvalue weighted by molar-refractivity contribution is 0.268. The fourth-order valence-electron chi connectivity index (χ4n) is 2.61. The number of nitrogens with zero attached hydrogens (tertiary/aromatic N) is 1. The van der Waals surface area contributed by atoms with E-state index in [1.165, 1.54) is 0 Å². The quantitative estimate of drug-likeness (QED) is 0.708. The van der Waals surface area contributed by atoms with E-state index in [0.29, 0.717) is 32.1 Å². The first-order chi connectivity index (χ1) is 9.43. The summed E-state index contributed by atoms with van der Waals surface area (Å²) in [6, 6.07) is 0. The van der Waals surface area contributed by atoms with Gasteiger partial charge in [-0.05, 0) is 44.4 Å². The minimum Gasteiger partial charge on any atom is -0.330 e.